The molecular weight excluding hydrogens is 278 g/mol. The molecule has 1 amide bonds. The summed E-state index contributed by atoms with van der Waals surface area (Å²) in [6, 6.07) is 7.83. The summed E-state index contributed by atoms with van der Waals surface area (Å²) in [6.07, 6.45) is 6.79. The van der Waals surface area contributed by atoms with Gasteiger partial charge in [-0.25, -0.2) is 4.98 Å². The van der Waals surface area contributed by atoms with E-state index in [-0.39, 0.29) is 5.91 Å². The number of carbonyl (C=O) groups is 1. The van der Waals surface area contributed by atoms with E-state index in [1.54, 1.807) is 13.2 Å². The van der Waals surface area contributed by atoms with Gasteiger partial charge in [0.1, 0.15) is 5.69 Å². The number of rotatable bonds is 4. The molecule has 5 nitrogen and oxygen atoms in total. The third-order valence-corrected chi connectivity index (χ3v) is 4.25. The fourth-order valence-corrected chi connectivity index (χ4v) is 3.06. The highest BCUT2D eigenvalue weighted by Gasteiger charge is 2.21. The molecule has 2 aromatic heterocycles. The average molecular weight is 299 g/mol. The summed E-state index contributed by atoms with van der Waals surface area (Å²) in [4.78, 5) is 16.9. The molecule has 0 atom stereocenters. The Hall–Kier alpha value is -2.30. The SMILES string of the molecule is COc1ccc(NC(=O)c2cccn2C2CCCC2)c(C)n1. The van der Waals surface area contributed by atoms with Gasteiger partial charge in [-0.05, 0) is 38.0 Å². The monoisotopic (exact) mass is 299 g/mol. The molecule has 2 heterocycles. The van der Waals surface area contributed by atoms with Gasteiger partial charge in [-0.15, -0.1) is 0 Å². The Balaban J connectivity index is 1.79. The first kappa shape index (κ1) is 14.6. The van der Waals surface area contributed by atoms with Crippen LogP contribution in [0.15, 0.2) is 30.5 Å². The van der Waals surface area contributed by atoms with Gasteiger partial charge in [0.05, 0.1) is 18.5 Å². The zero-order chi connectivity index (χ0) is 15.5. The normalized spacial score (nSPS) is 15.0. The van der Waals surface area contributed by atoms with E-state index in [0.717, 1.165) is 18.5 Å². The van der Waals surface area contributed by atoms with Crippen molar-refractivity contribution in [3.63, 3.8) is 0 Å². The Labute approximate surface area is 130 Å². The number of nitrogens with one attached hydrogen (secondary N) is 1. The Morgan fingerprint density at radius 3 is 2.77 bits per heavy atom. The van der Waals surface area contributed by atoms with Gasteiger partial charge >= 0.3 is 0 Å². The average Bonchev–Trinajstić information content (AvgIpc) is 3.19. The number of nitrogens with zero attached hydrogens (tertiary/aromatic N) is 2. The lowest BCUT2D eigenvalue weighted by molar-refractivity contribution is 0.101. The number of pyridine rings is 1. The maximum atomic E-state index is 12.6. The molecule has 1 fully saturated rings. The molecule has 0 saturated heterocycles. The van der Waals surface area contributed by atoms with Gasteiger partial charge in [0, 0.05) is 18.3 Å². The smallest absolute Gasteiger partial charge is 0.272 e. The summed E-state index contributed by atoms with van der Waals surface area (Å²) in [6.45, 7) is 1.86. The molecule has 0 aliphatic heterocycles. The first-order chi connectivity index (χ1) is 10.7. The highest BCUT2D eigenvalue weighted by molar-refractivity contribution is 6.03. The number of aryl methyl sites for hydroxylation is 1. The summed E-state index contributed by atoms with van der Waals surface area (Å²) >= 11 is 0. The molecule has 2 aromatic rings. The first-order valence-corrected chi connectivity index (χ1v) is 7.69. The van der Waals surface area contributed by atoms with Crippen LogP contribution < -0.4 is 10.1 Å². The number of methoxy groups -OCH3 is 1. The molecule has 22 heavy (non-hydrogen) atoms. The van der Waals surface area contributed by atoms with Crippen molar-refractivity contribution in [3.8, 4) is 5.88 Å². The minimum Gasteiger partial charge on any atom is -0.481 e. The second kappa shape index (κ2) is 6.22. The van der Waals surface area contributed by atoms with Crippen LogP contribution in [0.3, 0.4) is 0 Å². The van der Waals surface area contributed by atoms with Crippen molar-refractivity contribution in [2.24, 2.45) is 0 Å². The molecule has 116 valence electrons. The van der Waals surface area contributed by atoms with Crippen LogP contribution in [0.1, 0.15) is 47.9 Å². The highest BCUT2D eigenvalue weighted by Crippen LogP contribution is 2.31. The summed E-state index contributed by atoms with van der Waals surface area (Å²) in [5.41, 5.74) is 2.17. The Morgan fingerprint density at radius 1 is 1.32 bits per heavy atom. The lowest BCUT2D eigenvalue weighted by atomic mass is 10.2. The van der Waals surface area contributed by atoms with Crippen LogP contribution in [0.25, 0.3) is 0 Å². The Morgan fingerprint density at radius 2 is 2.09 bits per heavy atom. The van der Waals surface area contributed by atoms with Gasteiger partial charge in [0.15, 0.2) is 0 Å². The van der Waals surface area contributed by atoms with Crippen molar-refractivity contribution in [1.29, 1.82) is 0 Å². The number of amides is 1. The Bertz CT molecular complexity index is 672. The summed E-state index contributed by atoms with van der Waals surface area (Å²) < 4.78 is 7.19. The fourth-order valence-electron chi connectivity index (χ4n) is 3.06. The van der Waals surface area contributed by atoms with Gasteiger partial charge < -0.3 is 14.6 Å². The summed E-state index contributed by atoms with van der Waals surface area (Å²) in [5, 5.41) is 2.95. The molecule has 0 spiro atoms. The topological polar surface area (TPSA) is 56.1 Å². The number of hydrogen-bond donors (Lipinski definition) is 1. The number of aromatic nitrogens is 2. The molecule has 1 N–H and O–H groups in total. The van der Waals surface area contributed by atoms with Gasteiger partial charge in [-0.2, -0.15) is 0 Å². The lowest BCUT2D eigenvalue weighted by Crippen LogP contribution is -2.19. The zero-order valence-electron chi connectivity index (χ0n) is 13.0. The zero-order valence-corrected chi connectivity index (χ0v) is 13.0. The minimum absolute atomic E-state index is 0.0908. The number of hydrogen-bond acceptors (Lipinski definition) is 3. The standard InChI is InChI=1S/C17H21N3O2/c1-12-14(9-10-16(18-12)22-2)19-17(21)15-8-5-11-20(15)13-6-3-4-7-13/h5,8-11,13H,3-4,6-7H2,1-2H3,(H,19,21). The molecular formula is C17H21N3O2. The van der Waals surface area contributed by atoms with Gasteiger partial charge in [-0.1, -0.05) is 12.8 Å². The predicted octanol–water partition coefficient (Wildman–Crippen LogP) is 3.57. The molecule has 1 saturated carbocycles. The Kier molecular flexibility index (Phi) is 4.13. The van der Waals surface area contributed by atoms with Crippen molar-refractivity contribution in [1.82, 2.24) is 9.55 Å². The molecule has 0 radical (unpaired) electrons. The third-order valence-electron chi connectivity index (χ3n) is 4.25. The fraction of sp³-hybridized carbons (Fsp3) is 0.412. The first-order valence-electron chi connectivity index (χ1n) is 7.69. The second-order valence-corrected chi connectivity index (χ2v) is 5.68. The lowest BCUT2D eigenvalue weighted by Gasteiger charge is -2.16. The molecule has 0 aromatic carbocycles. The van der Waals surface area contributed by atoms with E-state index in [1.165, 1.54) is 12.8 Å². The minimum atomic E-state index is -0.0908. The van der Waals surface area contributed by atoms with Crippen LogP contribution >= 0.6 is 0 Å². The molecule has 5 heteroatoms. The van der Waals surface area contributed by atoms with Crippen molar-refractivity contribution in [2.45, 2.75) is 38.6 Å². The maximum Gasteiger partial charge on any atom is 0.272 e. The molecule has 0 bridgehead atoms. The van der Waals surface area contributed by atoms with Crippen LogP contribution in [0, 0.1) is 6.92 Å². The second-order valence-electron chi connectivity index (χ2n) is 5.68. The maximum absolute atomic E-state index is 12.6. The van der Waals surface area contributed by atoms with Crippen molar-refractivity contribution in [2.75, 3.05) is 12.4 Å². The van der Waals surface area contributed by atoms with Crippen molar-refractivity contribution >= 4 is 11.6 Å². The quantitative estimate of drug-likeness (QED) is 0.939. The van der Waals surface area contributed by atoms with E-state index >= 15 is 0 Å². The van der Waals surface area contributed by atoms with E-state index in [4.69, 9.17) is 4.74 Å². The van der Waals surface area contributed by atoms with Crippen LogP contribution in [0.5, 0.6) is 5.88 Å². The van der Waals surface area contributed by atoms with Gasteiger partial charge in [0.25, 0.3) is 5.91 Å². The summed E-state index contributed by atoms with van der Waals surface area (Å²) in [5.74, 6) is 0.455. The van der Waals surface area contributed by atoms with E-state index in [1.807, 2.05) is 31.3 Å². The van der Waals surface area contributed by atoms with Crippen LogP contribution in [0.4, 0.5) is 5.69 Å². The number of carbonyl (C=O) groups excluding carboxylic acids is 1. The predicted molar refractivity (Wildman–Crippen MR) is 85.4 cm³/mol. The highest BCUT2D eigenvalue weighted by atomic mass is 16.5. The van der Waals surface area contributed by atoms with E-state index in [2.05, 4.69) is 14.9 Å². The number of ether oxygens (including phenoxy) is 1. The largest absolute Gasteiger partial charge is 0.481 e. The van der Waals surface area contributed by atoms with E-state index in [0.29, 0.717) is 23.3 Å². The molecule has 3 rings (SSSR count). The van der Waals surface area contributed by atoms with Crippen molar-refractivity contribution < 1.29 is 9.53 Å². The molecule has 0 unspecified atom stereocenters. The van der Waals surface area contributed by atoms with Gasteiger partial charge in [0.2, 0.25) is 5.88 Å². The van der Waals surface area contributed by atoms with Gasteiger partial charge in [-0.3, -0.25) is 4.79 Å². The molecule has 1 aliphatic rings. The van der Waals surface area contributed by atoms with Crippen molar-refractivity contribution in [3.05, 3.63) is 41.9 Å². The van der Waals surface area contributed by atoms with E-state index in [9.17, 15) is 4.79 Å². The number of anilines is 1. The van der Waals surface area contributed by atoms with E-state index < -0.39 is 0 Å². The third kappa shape index (κ3) is 2.84. The van der Waals surface area contributed by atoms with Crippen LogP contribution in [-0.4, -0.2) is 22.6 Å². The van der Waals surface area contributed by atoms with Crippen LogP contribution in [0.2, 0.25) is 0 Å². The molecule has 1 aliphatic carbocycles. The summed E-state index contributed by atoms with van der Waals surface area (Å²) in [7, 11) is 1.58. The van der Waals surface area contributed by atoms with Crippen LogP contribution in [-0.2, 0) is 0 Å².